The third-order valence-electron chi connectivity index (χ3n) is 12.6. The minimum Gasteiger partial charge on any atom is -0.381 e. The second kappa shape index (κ2) is 27.3. The molecule has 0 saturated carbocycles. The molecule has 6 unspecified atom stereocenters. The van der Waals surface area contributed by atoms with Crippen molar-refractivity contribution in [2.75, 3.05) is 13.2 Å². The molecule has 0 spiro atoms. The lowest BCUT2D eigenvalue weighted by Gasteiger charge is -2.27. The molecule has 0 aliphatic carbocycles. The molecule has 0 N–H and O–H groups in total. The second-order valence-electron chi connectivity index (χ2n) is 18.7. The van der Waals surface area contributed by atoms with Gasteiger partial charge in [0.1, 0.15) is 0 Å². The summed E-state index contributed by atoms with van der Waals surface area (Å²) in [6, 6.07) is 33.5. The van der Waals surface area contributed by atoms with Crippen molar-refractivity contribution >= 4 is 0 Å². The van der Waals surface area contributed by atoms with Crippen LogP contribution in [0.3, 0.4) is 0 Å². The van der Waals surface area contributed by atoms with Gasteiger partial charge in [0, 0.05) is 13.2 Å². The van der Waals surface area contributed by atoms with E-state index in [2.05, 4.69) is 139 Å². The van der Waals surface area contributed by atoms with Gasteiger partial charge in [-0.15, -0.1) is 0 Å². The molecule has 3 rings (SSSR count). The number of rotatable bonds is 30. The van der Waals surface area contributed by atoms with Crippen molar-refractivity contribution < 1.29 is 4.74 Å². The van der Waals surface area contributed by atoms with Crippen LogP contribution in [0.25, 0.3) is 0 Å². The van der Waals surface area contributed by atoms with Gasteiger partial charge in [0.05, 0.1) is 0 Å². The van der Waals surface area contributed by atoms with Gasteiger partial charge in [0.2, 0.25) is 0 Å². The summed E-state index contributed by atoms with van der Waals surface area (Å²) in [4.78, 5) is 0. The first kappa shape index (κ1) is 46.0. The van der Waals surface area contributed by atoms with E-state index < -0.39 is 0 Å². The van der Waals surface area contributed by atoms with Crippen molar-refractivity contribution in [3.05, 3.63) is 108 Å². The van der Waals surface area contributed by atoms with E-state index in [1.165, 1.54) is 139 Å². The van der Waals surface area contributed by atoms with Crippen LogP contribution in [0.15, 0.2) is 91.0 Å². The van der Waals surface area contributed by atoms with E-state index in [1.54, 1.807) is 0 Å². The smallest absolute Gasteiger partial charge is 0.0494 e. The Morgan fingerprint density at radius 2 is 0.815 bits per heavy atom. The van der Waals surface area contributed by atoms with Crippen molar-refractivity contribution in [2.45, 2.75) is 170 Å². The van der Waals surface area contributed by atoms with E-state index in [0.717, 1.165) is 36.9 Å². The normalized spacial score (nSPS) is 15.4. The molecule has 0 radical (unpaired) electrons. The molecular weight excluding hydrogens is 653 g/mol. The van der Waals surface area contributed by atoms with Crippen LogP contribution >= 0.6 is 0 Å². The molecule has 0 aromatic heterocycles. The molecule has 54 heavy (non-hydrogen) atoms. The molecule has 0 heterocycles. The molecule has 1 heteroatoms. The van der Waals surface area contributed by atoms with E-state index in [4.69, 9.17) is 4.74 Å². The summed E-state index contributed by atoms with van der Waals surface area (Å²) in [5.74, 6) is 4.67. The SMILES string of the molecule is CCCC(CCC(CC)CCC(CCc1ccccc1)CCC(C)CCc1ccccc1)CCC(CCc1ccccc1)COCC(CC)CC(C)(C)C. The zero-order chi connectivity index (χ0) is 38.9. The number of benzene rings is 3. The first-order valence-corrected chi connectivity index (χ1v) is 22.9. The molecular formula is C53H84O. The quantitative estimate of drug-likeness (QED) is 0.0662. The molecule has 1 nitrogen and oxygen atoms in total. The summed E-state index contributed by atoms with van der Waals surface area (Å²) in [5.41, 5.74) is 4.84. The molecule has 0 aliphatic heterocycles. The highest BCUT2D eigenvalue weighted by atomic mass is 16.5. The Morgan fingerprint density at radius 3 is 1.28 bits per heavy atom. The zero-order valence-electron chi connectivity index (χ0n) is 36.4. The van der Waals surface area contributed by atoms with Crippen molar-refractivity contribution in [3.63, 3.8) is 0 Å². The van der Waals surface area contributed by atoms with Gasteiger partial charge in [-0.1, -0.05) is 210 Å². The van der Waals surface area contributed by atoms with E-state index in [0.29, 0.717) is 17.3 Å². The topological polar surface area (TPSA) is 9.23 Å². The predicted molar refractivity (Wildman–Crippen MR) is 238 cm³/mol. The van der Waals surface area contributed by atoms with Crippen LogP contribution < -0.4 is 0 Å². The first-order chi connectivity index (χ1) is 26.2. The van der Waals surface area contributed by atoms with Crippen LogP contribution in [-0.2, 0) is 24.0 Å². The van der Waals surface area contributed by atoms with E-state index in [-0.39, 0.29) is 0 Å². The fourth-order valence-electron chi connectivity index (χ4n) is 8.89. The van der Waals surface area contributed by atoms with Gasteiger partial charge >= 0.3 is 0 Å². The van der Waals surface area contributed by atoms with Crippen LogP contribution in [0.4, 0.5) is 0 Å². The van der Waals surface area contributed by atoms with E-state index >= 15 is 0 Å². The fraction of sp³-hybridized carbons (Fsp3) is 0.660. The van der Waals surface area contributed by atoms with Gasteiger partial charge in [-0.25, -0.2) is 0 Å². The van der Waals surface area contributed by atoms with Crippen LogP contribution in [0.1, 0.15) is 168 Å². The van der Waals surface area contributed by atoms with Crippen LogP contribution in [0, 0.1) is 40.9 Å². The Kier molecular flexibility index (Phi) is 23.2. The number of ether oxygens (including phenoxy) is 1. The lowest BCUT2D eigenvalue weighted by atomic mass is 9.81. The third-order valence-corrected chi connectivity index (χ3v) is 12.6. The van der Waals surface area contributed by atoms with Gasteiger partial charge in [-0.2, -0.15) is 0 Å². The summed E-state index contributed by atoms with van der Waals surface area (Å²) in [6.07, 6.45) is 25.1. The molecule has 0 amide bonds. The highest BCUT2D eigenvalue weighted by molar-refractivity contribution is 5.16. The second-order valence-corrected chi connectivity index (χ2v) is 18.7. The Hall–Kier alpha value is -2.38. The minimum atomic E-state index is 0.366. The first-order valence-electron chi connectivity index (χ1n) is 22.9. The van der Waals surface area contributed by atoms with Crippen LogP contribution in [0.5, 0.6) is 0 Å². The molecule has 6 atom stereocenters. The van der Waals surface area contributed by atoms with Gasteiger partial charge in [0.25, 0.3) is 0 Å². The number of aryl methyl sites for hydroxylation is 3. The average Bonchev–Trinajstić information content (AvgIpc) is 3.18. The Balaban J connectivity index is 1.52. The maximum absolute atomic E-state index is 6.56. The maximum Gasteiger partial charge on any atom is 0.0494 e. The van der Waals surface area contributed by atoms with Crippen LogP contribution in [0.2, 0.25) is 0 Å². The molecule has 0 fully saturated rings. The van der Waals surface area contributed by atoms with Crippen molar-refractivity contribution in [1.82, 2.24) is 0 Å². The summed E-state index contributed by atoms with van der Waals surface area (Å²) >= 11 is 0. The van der Waals surface area contributed by atoms with E-state index in [9.17, 15) is 0 Å². The molecule has 0 saturated heterocycles. The summed E-state index contributed by atoms with van der Waals surface area (Å²) in [6.45, 7) is 18.7. The average molecular weight is 737 g/mol. The van der Waals surface area contributed by atoms with Crippen molar-refractivity contribution in [1.29, 1.82) is 0 Å². The highest BCUT2D eigenvalue weighted by Crippen LogP contribution is 2.32. The lowest BCUT2D eigenvalue weighted by molar-refractivity contribution is 0.0515. The van der Waals surface area contributed by atoms with Gasteiger partial charge in [-0.3, -0.25) is 0 Å². The summed E-state index contributed by atoms with van der Waals surface area (Å²) in [5, 5.41) is 0. The van der Waals surface area contributed by atoms with Crippen molar-refractivity contribution in [2.24, 2.45) is 40.9 Å². The largest absolute Gasteiger partial charge is 0.381 e. The third kappa shape index (κ3) is 21.1. The minimum absolute atomic E-state index is 0.366. The zero-order valence-corrected chi connectivity index (χ0v) is 36.4. The van der Waals surface area contributed by atoms with Gasteiger partial charge in [-0.05, 0) is 109 Å². The van der Waals surface area contributed by atoms with Crippen LogP contribution in [-0.4, -0.2) is 13.2 Å². The molecule has 0 aliphatic rings. The van der Waals surface area contributed by atoms with Crippen molar-refractivity contribution in [3.8, 4) is 0 Å². The fourth-order valence-corrected chi connectivity index (χ4v) is 8.89. The lowest BCUT2D eigenvalue weighted by Crippen LogP contribution is -2.20. The van der Waals surface area contributed by atoms with E-state index in [1.807, 2.05) is 0 Å². The monoisotopic (exact) mass is 737 g/mol. The number of hydrogen-bond donors (Lipinski definition) is 0. The predicted octanol–water partition coefficient (Wildman–Crippen LogP) is 15.8. The Morgan fingerprint density at radius 1 is 0.426 bits per heavy atom. The molecule has 3 aromatic carbocycles. The molecule has 302 valence electrons. The Bertz CT molecular complexity index is 1280. The number of hydrogen-bond acceptors (Lipinski definition) is 1. The summed E-state index contributed by atoms with van der Waals surface area (Å²) in [7, 11) is 0. The Labute approximate surface area is 335 Å². The molecule has 3 aromatic rings. The molecule has 0 bridgehead atoms. The van der Waals surface area contributed by atoms with Gasteiger partial charge < -0.3 is 4.74 Å². The summed E-state index contributed by atoms with van der Waals surface area (Å²) < 4.78 is 6.56. The maximum atomic E-state index is 6.56. The standard InChI is InChI=1S/C53H84O/c1-8-20-47(37-39-52(40-38-50-25-18-13-19-26-50)43-54-42-46(10-3)41-53(5,6)7)33-31-45(9-2)32-34-51(36-35-49-23-16-12-17-24-49)30-28-44(4)27-29-48-21-14-11-15-22-48/h11-19,21-26,44-47,51-52H,8-10,20,27-43H2,1-7H3. The highest BCUT2D eigenvalue weighted by Gasteiger charge is 2.21. The van der Waals surface area contributed by atoms with Gasteiger partial charge in [0.15, 0.2) is 0 Å².